The average Bonchev–Trinajstić information content (AvgIpc) is 3.17. The molecule has 3 rings (SSSR count). The van der Waals surface area contributed by atoms with E-state index in [0.29, 0.717) is 12.0 Å². The van der Waals surface area contributed by atoms with Crippen molar-refractivity contribution < 1.29 is 9.59 Å². The van der Waals surface area contributed by atoms with Crippen LogP contribution in [-0.2, 0) is 9.59 Å². The largest absolute Gasteiger partial charge is 0.342 e. The van der Waals surface area contributed by atoms with Crippen molar-refractivity contribution in [2.45, 2.75) is 57.5 Å². The number of amides is 2. The third-order valence-electron chi connectivity index (χ3n) is 4.70. The first-order valence-electron chi connectivity index (χ1n) is 7.25. The number of rotatable bonds is 2. The summed E-state index contributed by atoms with van der Waals surface area (Å²) in [6.45, 7) is 2.55. The summed E-state index contributed by atoms with van der Waals surface area (Å²) >= 11 is 0. The maximum absolute atomic E-state index is 12.4. The van der Waals surface area contributed by atoms with Crippen LogP contribution < -0.4 is 5.32 Å². The molecular weight excluding hydrogens is 228 g/mol. The monoisotopic (exact) mass is 250 g/mol. The van der Waals surface area contributed by atoms with Gasteiger partial charge in [-0.2, -0.15) is 0 Å². The van der Waals surface area contributed by atoms with Crippen LogP contribution in [0.2, 0.25) is 0 Å². The zero-order valence-electron chi connectivity index (χ0n) is 11.0. The first-order valence-corrected chi connectivity index (χ1v) is 7.25. The number of hydrogen-bond donors (Lipinski definition) is 1. The van der Waals surface area contributed by atoms with Gasteiger partial charge in [0.1, 0.15) is 6.04 Å². The number of nitrogens with one attached hydrogen (secondary N) is 1. The maximum atomic E-state index is 12.4. The van der Waals surface area contributed by atoms with Crippen molar-refractivity contribution in [3.63, 3.8) is 0 Å². The summed E-state index contributed by atoms with van der Waals surface area (Å²) in [7, 11) is 0. The molecule has 18 heavy (non-hydrogen) atoms. The van der Waals surface area contributed by atoms with Crippen LogP contribution in [0, 0.1) is 11.8 Å². The third-order valence-corrected chi connectivity index (χ3v) is 4.70. The predicted molar refractivity (Wildman–Crippen MR) is 67.8 cm³/mol. The number of carbonyl (C=O) groups is 2. The number of carbonyl (C=O) groups excluding carboxylic acids is 2. The predicted octanol–water partition coefficient (Wildman–Crippen LogP) is 1.30. The topological polar surface area (TPSA) is 49.4 Å². The summed E-state index contributed by atoms with van der Waals surface area (Å²) in [6.07, 6.45) is 6.68. The van der Waals surface area contributed by atoms with Crippen molar-refractivity contribution in [2.24, 2.45) is 11.8 Å². The maximum Gasteiger partial charge on any atom is 0.246 e. The molecule has 4 heteroatoms. The van der Waals surface area contributed by atoms with E-state index in [1.165, 1.54) is 12.8 Å². The van der Waals surface area contributed by atoms with Gasteiger partial charge in [0.15, 0.2) is 0 Å². The van der Waals surface area contributed by atoms with Gasteiger partial charge in [0.05, 0.1) is 6.54 Å². The molecule has 2 aliphatic carbocycles. The van der Waals surface area contributed by atoms with Crippen molar-refractivity contribution >= 4 is 11.8 Å². The SMILES string of the molecule is CC1CCC(N2CC(=O)NC(C3CC3)C2=O)CC1. The fourth-order valence-electron chi connectivity index (χ4n) is 3.30. The molecule has 4 nitrogen and oxygen atoms in total. The van der Waals surface area contributed by atoms with Crippen LogP contribution in [0.25, 0.3) is 0 Å². The van der Waals surface area contributed by atoms with Crippen LogP contribution >= 0.6 is 0 Å². The first kappa shape index (κ1) is 12.0. The lowest BCUT2D eigenvalue weighted by Gasteiger charge is -2.40. The fraction of sp³-hybridized carbons (Fsp3) is 0.857. The number of nitrogens with zero attached hydrogens (tertiary/aromatic N) is 1. The Balaban J connectivity index is 1.69. The lowest BCUT2D eigenvalue weighted by Crippen LogP contribution is -2.61. The quantitative estimate of drug-likeness (QED) is 0.803. The van der Waals surface area contributed by atoms with Crippen molar-refractivity contribution in [1.82, 2.24) is 10.2 Å². The van der Waals surface area contributed by atoms with Gasteiger partial charge >= 0.3 is 0 Å². The summed E-state index contributed by atoms with van der Waals surface area (Å²) in [4.78, 5) is 26.1. The minimum Gasteiger partial charge on any atom is -0.342 e. The van der Waals surface area contributed by atoms with Crippen molar-refractivity contribution in [3.8, 4) is 0 Å². The van der Waals surface area contributed by atoms with E-state index in [0.717, 1.165) is 31.6 Å². The van der Waals surface area contributed by atoms with Crippen LogP contribution in [0.3, 0.4) is 0 Å². The van der Waals surface area contributed by atoms with E-state index in [9.17, 15) is 9.59 Å². The molecule has 0 aromatic rings. The second-order valence-corrected chi connectivity index (χ2v) is 6.26. The molecule has 0 spiro atoms. The molecule has 0 aromatic heterocycles. The van der Waals surface area contributed by atoms with E-state index in [1.54, 1.807) is 0 Å². The minimum atomic E-state index is -0.217. The molecule has 100 valence electrons. The Labute approximate surface area is 108 Å². The lowest BCUT2D eigenvalue weighted by molar-refractivity contribution is -0.148. The summed E-state index contributed by atoms with van der Waals surface area (Å²) in [5.41, 5.74) is 0. The van der Waals surface area contributed by atoms with E-state index in [2.05, 4.69) is 12.2 Å². The molecule has 1 unspecified atom stereocenters. The molecule has 3 aliphatic rings. The van der Waals surface area contributed by atoms with Gasteiger partial charge in [-0.1, -0.05) is 6.92 Å². The van der Waals surface area contributed by atoms with Crippen LogP contribution in [-0.4, -0.2) is 35.3 Å². The standard InChI is InChI=1S/C14H22N2O2/c1-9-2-6-11(7-3-9)16-8-12(17)15-13(14(16)18)10-4-5-10/h9-11,13H,2-8H2,1H3,(H,15,17). The summed E-state index contributed by atoms with van der Waals surface area (Å²) in [5.74, 6) is 1.39. The van der Waals surface area contributed by atoms with E-state index in [-0.39, 0.29) is 24.4 Å². The fourth-order valence-corrected chi connectivity index (χ4v) is 3.30. The van der Waals surface area contributed by atoms with Gasteiger partial charge in [-0.3, -0.25) is 9.59 Å². The molecule has 0 aromatic carbocycles. The highest BCUT2D eigenvalue weighted by Crippen LogP contribution is 2.36. The summed E-state index contributed by atoms with van der Waals surface area (Å²) in [6, 6.07) is 0.0894. The molecular formula is C14H22N2O2. The van der Waals surface area contributed by atoms with Crippen molar-refractivity contribution in [1.29, 1.82) is 0 Å². The van der Waals surface area contributed by atoms with Gasteiger partial charge in [-0.25, -0.2) is 0 Å². The molecule has 0 radical (unpaired) electrons. The minimum absolute atomic E-state index is 0.0325. The molecule has 1 atom stereocenters. The van der Waals surface area contributed by atoms with Crippen molar-refractivity contribution in [2.75, 3.05) is 6.54 Å². The Bertz CT molecular complexity index is 357. The second-order valence-electron chi connectivity index (χ2n) is 6.26. The summed E-state index contributed by atoms with van der Waals surface area (Å²) < 4.78 is 0. The molecule has 1 N–H and O–H groups in total. The van der Waals surface area contributed by atoms with Gasteiger partial charge < -0.3 is 10.2 Å². The molecule has 3 fully saturated rings. The average molecular weight is 250 g/mol. The Morgan fingerprint density at radius 1 is 1.06 bits per heavy atom. The number of hydrogen-bond acceptors (Lipinski definition) is 2. The van der Waals surface area contributed by atoms with Gasteiger partial charge in [0.25, 0.3) is 0 Å². The van der Waals surface area contributed by atoms with Crippen LogP contribution in [0.5, 0.6) is 0 Å². The molecule has 1 aliphatic heterocycles. The van der Waals surface area contributed by atoms with Gasteiger partial charge in [0, 0.05) is 6.04 Å². The van der Waals surface area contributed by atoms with E-state index < -0.39 is 0 Å². The highest BCUT2D eigenvalue weighted by atomic mass is 16.2. The Hall–Kier alpha value is -1.06. The molecule has 1 heterocycles. The smallest absolute Gasteiger partial charge is 0.246 e. The van der Waals surface area contributed by atoms with Crippen LogP contribution in [0.4, 0.5) is 0 Å². The Morgan fingerprint density at radius 3 is 2.33 bits per heavy atom. The molecule has 1 saturated heterocycles. The molecule has 2 amide bonds. The Morgan fingerprint density at radius 2 is 1.72 bits per heavy atom. The number of piperazine rings is 1. The van der Waals surface area contributed by atoms with Gasteiger partial charge in [0.2, 0.25) is 11.8 Å². The van der Waals surface area contributed by atoms with Crippen LogP contribution in [0.1, 0.15) is 45.4 Å². The van der Waals surface area contributed by atoms with E-state index in [4.69, 9.17) is 0 Å². The van der Waals surface area contributed by atoms with Crippen LogP contribution in [0.15, 0.2) is 0 Å². The Kier molecular flexibility index (Phi) is 3.04. The van der Waals surface area contributed by atoms with Crippen molar-refractivity contribution in [3.05, 3.63) is 0 Å². The highest BCUT2D eigenvalue weighted by Gasteiger charge is 2.44. The molecule has 2 saturated carbocycles. The first-order chi connectivity index (χ1) is 8.65. The van der Waals surface area contributed by atoms with E-state index in [1.807, 2.05) is 4.90 Å². The summed E-state index contributed by atoms with van der Waals surface area (Å²) in [5, 5.41) is 2.88. The van der Waals surface area contributed by atoms with Gasteiger partial charge in [-0.05, 0) is 50.4 Å². The molecule has 0 bridgehead atoms. The second kappa shape index (κ2) is 4.56. The lowest BCUT2D eigenvalue weighted by atomic mass is 9.86. The zero-order valence-corrected chi connectivity index (χ0v) is 11.0. The normalized spacial score (nSPS) is 37.6. The third kappa shape index (κ3) is 2.25. The van der Waals surface area contributed by atoms with Gasteiger partial charge in [-0.15, -0.1) is 0 Å². The zero-order chi connectivity index (χ0) is 12.7. The van der Waals surface area contributed by atoms with E-state index >= 15 is 0 Å². The highest BCUT2D eigenvalue weighted by molar-refractivity contribution is 5.95.